The Hall–Kier alpha value is -3.15. The molecule has 0 fully saturated rings. The normalized spacial score (nSPS) is 12.1. The molecule has 0 aliphatic rings. The van der Waals surface area contributed by atoms with Crippen molar-refractivity contribution in [1.29, 1.82) is 0 Å². The maximum Gasteiger partial charge on any atom is 0.433 e. The third-order valence-electron chi connectivity index (χ3n) is 3.58. The van der Waals surface area contributed by atoms with Gasteiger partial charge in [-0.05, 0) is 35.9 Å². The second-order valence-corrected chi connectivity index (χ2v) is 7.78. The van der Waals surface area contributed by atoms with Gasteiger partial charge >= 0.3 is 6.18 Å². The van der Waals surface area contributed by atoms with Gasteiger partial charge in [-0.2, -0.15) is 13.2 Å². The van der Waals surface area contributed by atoms with Crippen molar-refractivity contribution in [3.05, 3.63) is 59.0 Å². The van der Waals surface area contributed by atoms with Crippen LogP contribution in [0.2, 0.25) is 0 Å². The van der Waals surface area contributed by atoms with Crippen molar-refractivity contribution in [1.82, 2.24) is 10.3 Å². The third-order valence-corrected chi connectivity index (χ3v) is 4.17. The zero-order valence-corrected chi connectivity index (χ0v) is 16.6. The molecule has 0 saturated carbocycles. The molecule has 0 unspecified atom stereocenters. The summed E-state index contributed by atoms with van der Waals surface area (Å²) in [6, 6.07) is 5.56. The summed E-state index contributed by atoms with van der Waals surface area (Å²) in [7, 11) is -2.49. The zero-order chi connectivity index (χ0) is 22.5. The van der Waals surface area contributed by atoms with Crippen LogP contribution in [-0.2, 0) is 27.5 Å². The molecule has 0 spiro atoms. The van der Waals surface area contributed by atoms with Crippen molar-refractivity contribution in [3.8, 4) is 5.88 Å². The van der Waals surface area contributed by atoms with Gasteiger partial charge in [0.2, 0.25) is 21.8 Å². The number of carbonyl (C=O) groups is 1. The summed E-state index contributed by atoms with van der Waals surface area (Å²) in [6.07, 6.45) is -1.47. The van der Waals surface area contributed by atoms with Gasteiger partial charge in [0.1, 0.15) is 11.5 Å². The number of ether oxygens (including phenoxy) is 1. The Balaban J connectivity index is 2.03. The number of rotatable bonds is 7. The highest BCUT2D eigenvalue weighted by molar-refractivity contribution is 7.92. The molecule has 30 heavy (non-hydrogen) atoms. The molecule has 2 N–H and O–H groups in total. The number of halogens is 4. The molecule has 162 valence electrons. The molecule has 1 heterocycles. The number of hydrogen-bond donors (Lipinski definition) is 2. The van der Waals surface area contributed by atoms with Crippen LogP contribution in [-0.4, -0.2) is 32.7 Å². The lowest BCUT2D eigenvalue weighted by atomic mass is 10.2. The molecule has 0 aliphatic heterocycles. The van der Waals surface area contributed by atoms with Crippen LogP contribution in [0, 0.1) is 5.82 Å². The number of carbonyl (C=O) groups excluding carboxylic acids is 1. The van der Waals surface area contributed by atoms with Gasteiger partial charge in [0.05, 0.1) is 19.1 Å². The molecule has 0 radical (unpaired) electrons. The first-order chi connectivity index (χ1) is 13.9. The van der Waals surface area contributed by atoms with Gasteiger partial charge in [-0.3, -0.25) is 9.52 Å². The summed E-state index contributed by atoms with van der Waals surface area (Å²) in [4.78, 5) is 15.3. The summed E-state index contributed by atoms with van der Waals surface area (Å²) >= 11 is 0. The van der Waals surface area contributed by atoms with Crippen LogP contribution in [0.5, 0.6) is 5.88 Å². The quantitative estimate of drug-likeness (QED) is 0.503. The number of hydrogen-bond acceptors (Lipinski definition) is 5. The monoisotopic (exact) mass is 447 g/mol. The van der Waals surface area contributed by atoms with Gasteiger partial charge in [0.25, 0.3) is 0 Å². The minimum absolute atomic E-state index is 0.0678. The summed E-state index contributed by atoms with van der Waals surface area (Å²) in [5.41, 5.74) is -0.837. The SMILES string of the molecule is COc1nc(C(F)(F)F)ccc1/C=C\C(=O)NCc1ccc(NS(C)(=O)=O)c(F)c1. The van der Waals surface area contributed by atoms with Crippen LogP contribution in [0.4, 0.5) is 23.2 Å². The lowest BCUT2D eigenvalue weighted by molar-refractivity contribution is -0.141. The molecular weight excluding hydrogens is 430 g/mol. The average molecular weight is 447 g/mol. The Labute approximate surface area is 169 Å². The van der Waals surface area contributed by atoms with Crippen LogP contribution < -0.4 is 14.8 Å². The van der Waals surface area contributed by atoms with E-state index in [9.17, 15) is 30.8 Å². The standard InChI is InChI=1S/C18H17F4N3O4S/c1-29-17-12(4-7-15(24-17)18(20,21)22)5-8-16(26)23-10-11-3-6-14(13(19)9-11)25-30(2,27)28/h3-9,25H,10H2,1-2H3,(H,23,26)/b8-5-. The first kappa shape index (κ1) is 23.1. The van der Waals surface area contributed by atoms with E-state index in [4.69, 9.17) is 4.74 Å². The van der Waals surface area contributed by atoms with E-state index in [1.165, 1.54) is 18.2 Å². The molecular formula is C18H17F4N3O4S. The minimum atomic E-state index is -4.63. The van der Waals surface area contributed by atoms with Crippen LogP contribution in [0.25, 0.3) is 6.08 Å². The van der Waals surface area contributed by atoms with E-state index in [1.54, 1.807) is 0 Å². The first-order valence-corrected chi connectivity index (χ1v) is 10.1. The number of benzene rings is 1. The van der Waals surface area contributed by atoms with Crippen molar-refractivity contribution in [2.75, 3.05) is 18.1 Å². The topological polar surface area (TPSA) is 97.4 Å². The van der Waals surface area contributed by atoms with Crippen LogP contribution in [0.15, 0.2) is 36.4 Å². The fraction of sp³-hybridized carbons (Fsp3) is 0.222. The highest BCUT2D eigenvalue weighted by Crippen LogP contribution is 2.30. The number of amides is 1. The highest BCUT2D eigenvalue weighted by atomic mass is 32.2. The molecule has 7 nitrogen and oxygen atoms in total. The lowest BCUT2D eigenvalue weighted by Gasteiger charge is -2.09. The maximum atomic E-state index is 13.9. The molecule has 1 aromatic carbocycles. The van der Waals surface area contributed by atoms with E-state index in [0.717, 1.165) is 37.6 Å². The fourth-order valence-corrected chi connectivity index (χ4v) is 2.83. The van der Waals surface area contributed by atoms with E-state index >= 15 is 0 Å². The van der Waals surface area contributed by atoms with Gasteiger partial charge in [0, 0.05) is 18.2 Å². The van der Waals surface area contributed by atoms with Crippen LogP contribution in [0.3, 0.4) is 0 Å². The Kier molecular flexibility index (Phi) is 7.03. The Bertz CT molecular complexity index is 1070. The number of aromatic nitrogens is 1. The molecule has 12 heteroatoms. The number of sulfonamides is 1. The number of nitrogens with one attached hydrogen (secondary N) is 2. The second kappa shape index (κ2) is 9.11. The molecule has 2 rings (SSSR count). The maximum absolute atomic E-state index is 13.9. The van der Waals surface area contributed by atoms with Crippen molar-refractivity contribution in [3.63, 3.8) is 0 Å². The van der Waals surface area contributed by atoms with Crippen molar-refractivity contribution in [2.24, 2.45) is 0 Å². The summed E-state index contributed by atoms with van der Waals surface area (Å²) in [5.74, 6) is -1.72. The number of nitrogens with zero attached hydrogens (tertiary/aromatic N) is 1. The molecule has 0 saturated heterocycles. The fourth-order valence-electron chi connectivity index (χ4n) is 2.26. The summed E-state index contributed by atoms with van der Waals surface area (Å²) in [6.45, 7) is -0.0678. The lowest BCUT2D eigenvalue weighted by Crippen LogP contribution is -2.20. The van der Waals surface area contributed by atoms with Crippen molar-refractivity contribution < 1.29 is 35.5 Å². The smallest absolute Gasteiger partial charge is 0.433 e. The second-order valence-electron chi connectivity index (χ2n) is 6.03. The van der Waals surface area contributed by atoms with Crippen molar-refractivity contribution in [2.45, 2.75) is 12.7 Å². The number of pyridine rings is 1. The van der Waals surface area contributed by atoms with E-state index in [2.05, 4.69) is 10.3 Å². The zero-order valence-electron chi connectivity index (χ0n) is 15.7. The van der Waals surface area contributed by atoms with Gasteiger partial charge in [-0.15, -0.1) is 0 Å². The van der Waals surface area contributed by atoms with E-state index in [1.807, 2.05) is 4.72 Å². The molecule has 2 aromatic rings. The van der Waals surface area contributed by atoms with E-state index < -0.39 is 33.6 Å². The Morgan fingerprint density at radius 1 is 1.23 bits per heavy atom. The Morgan fingerprint density at radius 3 is 2.50 bits per heavy atom. The van der Waals surface area contributed by atoms with Crippen molar-refractivity contribution >= 4 is 27.7 Å². The van der Waals surface area contributed by atoms with Crippen LogP contribution >= 0.6 is 0 Å². The molecule has 0 aliphatic carbocycles. The highest BCUT2D eigenvalue weighted by Gasteiger charge is 2.33. The van der Waals surface area contributed by atoms with E-state index in [-0.39, 0.29) is 23.7 Å². The van der Waals surface area contributed by atoms with Gasteiger partial charge in [-0.1, -0.05) is 6.07 Å². The Morgan fingerprint density at radius 2 is 1.93 bits per heavy atom. The third kappa shape index (κ3) is 6.72. The van der Waals surface area contributed by atoms with E-state index in [0.29, 0.717) is 5.56 Å². The molecule has 1 aromatic heterocycles. The van der Waals surface area contributed by atoms with Crippen LogP contribution in [0.1, 0.15) is 16.8 Å². The minimum Gasteiger partial charge on any atom is -0.481 e. The predicted octanol–water partition coefficient (Wildman–Crippen LogP) is 2.95. The molecule has 0 atom stereocenters. The predicted molar refractivity (Wildman–Crippen MR) is 102 cm³/mol. The summed E-state index contributed by atoms with van der Waals surface area (Å²) in [5, 5.41) is 2.46. The number of anilines is 1. The first-order valence-electron chi connectivity index (χ1n) is 8.23. The summed E-state index contributed by atoms with van der Waals surface area (Å²) < 4.78 is 81.1. The number of alkyl halides is 3. The average Bonchev–Trinajstić information content (AvgIpc) is 2.64. The number of methoxy groups -OCH3 is 1. The molecule has 0 bridgehead atoms. The van der Waals surface area contributed by atoms with Gasteiger partial charge in [0.15, 0.2) is 0 Å². The van der Waals surface area contributed by atoms with Gasteiger partial charge in [-0.25, -0.2) is 17.8 Å². The van der Waals surface area contributed by atoms with Gasteiger partial charge < -0.3 is 10.1 Å². The molecule has 1 amide bonds. The largest absolute Gasteiger partial charge is 0.481 e.